The Hall–Kier alpha value is -2.84. The lowest BCUT2D eigenvalue weighted by Crippen LogP contribution is -2.42. The molecule has 1 aliphatic rings. The van der Waals surface area contributed by atoms with Crippen molar-refractivity contribution in [3.63, 3.8) is 0 Å². The Morgan fingerprint density at radius 3 is 2.54 bits per heavy atom. The van der Waals surface area contributed by atoms with Crippen molar-refractivity contribution in [3.05, 3.63) is 46.6 Å². The van der Waals surface area contributed by atoms with E-state index in [2.05, 4.69) is 4.98 Å². The van der Waals surface area contributed by atoms with Gasteiger partial charge in [-0.3, -0.25) is 4.79 Å². The zero-order valence-corrected chi connectivity index (χ0v) is 15.9. The molecule has 3 rings (SSSR count). The summed E-state index contributed by atoms with van der Waals surface area (Å²) < 4.78 is 11.2. The SMILES string of the molecule is C[C@@H](C[OH2+])Oc1cc(Oc2ncc(C(=O)N3CCC3)cc2Cl)cc(C(=O)O)c1. The van der Waals surface area contributed by atoms with E-state index in [4.69, 9.17) is 26.2 Å². The second-order valence-electron chi connectivity index (χ2n) is 6.39. The molecule has 0 bridgehead atoms. The maximum absolute atomic E-state index is 12.2. The van der Waals surface area contributed by atoms with Crippen LogP contribution in [0, 0.1) is 0 Å². The monoisotopic (exact) mass is 407 g/mol. The molecule has 148 valence electrons. The van der Waals surface area contributed by atoms with Crippen molar-refractivity contribution >= 4 is 23.5 Å². The molecule has 8 nitrogen and oxygen atoms in total. The lowest BCUT2D eigenvalue weighted by molar-refractivity contribution is 0.0649. The van der Waals surface area contributed by atoms with Gasteiger partial charge >= 0.3 is 5.97 Å². The van der Waals surface area contributed by atoms with Gasteiger partial charge < -0.3 is 24.6 Å². The first-order chi connectivity index (χ1) is 13.4. The van der Waals surface area contributed by atoms with Crippen LogP contribution in [0.1, 0.15) is 34.1 Å². The van der Waals surface area contributed by atoms with Crippen LogP contribution in [0.15, 0.2) is 30.5 Å². The molecule has 2 heterocycles. The summed E-state index contributed by atoms with van der Waals surface area (Å²) >= 11 is 6.21. The minimum Gasteiger partial charge on any atom is -0.483 e. The quantitative estimate of drug-likeness (QED) is 0.706. The summed E-state index contributed by atoms with van der Waals surface area (Å²) in [6, 6.07) is 5.64. The Kier molecular flexibility index (Phi) is 6.01. The van der Waals surface area contributed by atoms with Gasteiger partial charge in [-0.15, -0.1) is 0 Å². The minimum absolute atomic E-state index is 0.0212. The molecular formula is C19H20ClN2O6+. The molecule has 28 heavy (non-hydrogen) atoms. The van der Waals surface area contributed by atoms with Crippen LogP contribution < -0.4 is 9.47 Å². The molecule has 2 aromatic rings. The number of carboxylic acids is 1. The Bertz CT molecular complexity index is 900. The normalized spacial score (nSPS) is 14.2. The second-order valence-corrected chi connectivity index (χ2v) is 6.80. The Balaban J connectivity index is 1.83. The van der Waals surface area contributed by atoms with E-state index in [9.17, 15) is 14.7 Å². The molecule has 0 saturated carbocycles. The number of halogens is 1. The predicted molar refractivity (Wildman–Crippen MR) is 102 cm³/mol. The van der Waals surface area contributed by atoms with Crippen LogP contribution in [0.3, 0.4) is 0 Å². The standard InChI is InChI=1S/C19H19ClN2O6/c1-11(10-23)27-14-5-12(19(25)26)6-15(8-14)28-17-16(20)7-13(9-21-17)18(24)22-3-2-4-22/h5-9,11,23H,2-4,10H2,1H3,(H,25,26)/p+1/t11-/m0/s1. The van der Waals surface area contributed by atoms with Gasteiger partial charge in [-0.1, -0.05) is 11.6 Å². The van der Waals surface area contributed by atoms with Crippen molar-refractivity contribution in [2.24, 2.45) is 0 Å². The molecule has 1 atom stereocenters. The number of aromatic nitrogens is 1. The van der Waals surface area contributed by atoms with Crippen LogP contribution in [-0.2, 0) is 0 Å². The molecule has 0 unspecified atom stereocenters. The van der Waals surface area contributed by atoms with Crippen LogP contribution in [0.5, 0.6) is 17.4 Å². The zero-order chi connectivity index (χ0) is 20.3. The predicted octanol–water partition coefficient (Wildman–Crippen LogP) is 2.56. The Morgan fingerprint density at radius 1 is 1.25 bits per heavy atom. The molecule has 0 aliphatic carbocycles. The molecule has 3 N–H and O–H groups in total. The van der Waals surface area contributed by atoms with Gasteiger partial charge in [-0.25, -0.2) is 9.78 Å². The number of benzene rings is 1. The summed E-state index contributed by atoms with van der Waals surface area (Å²) in [5.41, 5.74) is 0.329. The first kappa shape index (κ1) is 19.9. The fraction of sp³-hybridized carbons (Fsp3) is 0.316. The second kappa shape index (κ2) is 8.45. The molecule has 1 aromatic carbocycles. The first-order valence-electron chi connectivity index (χ1n) is 8.69. The van der Waals surface area contributed by atoms with Crippen molar-refractivity contribution in [1.29, 1.82) is 0 Å². The van der Waals surface area contributed by atoms with Gasteiger partial charge in [0.15, 0.2) is 12.7 Å². The maximum atomic E-state index is 12.2. The van der Waals surface area contributed by atoms with Crippen molar-refractivity contribution in [1.82, 2.24) is 9.88 Å². The minimum atomic E-state index is -1.15. The first-order valence-corrected chi connectivity index (χ1v) is 9.07. The molecule has 1 aromatic heterocycles. The van der Waals surface area contributed by atoms with E-state index in [0.717, 1.165) is 19.5 Å². The number of nitrogens with zero attached hydrogens (tertiary/aromatic N) is 2. The van der Waals surface area contributed by atoms with Crippen molar-refractivity contribution in [2.75, 3.05) is 19.7 Å². The van der Waals surface area contributed by atoms with E-state index < -0.39 is 12.1 Å². The molecule has 1 aliphatic heterocycles. The molecule has 1 fully saturated rings. The number of carboxylic acid groups (broad SMARTS) is 1. The Morgan fingerprint density at radius 2 is 1.96 bits per heavy atom. The van der Waals surface area contributed by atoms with Gasteiger partial charge in [0.05, 0.1) is 11.1 Å². The molecule has 1 saturated heterocycles. The largest absolute Gasteiger partial charge is 0.483 e. The number of rotatable bonds is 7. The number of likely N-dealkylation sites (tertiary alicyclic amines) is 1. The van der Waals surface area contributed by atoms with Crippen molar-refractivity contribution in [3.8, 4) is 17.4 Å². The summed E-state index contributed by atoms with van der Waals surface area (Å²) in [5, 5.41) is 16.8. The highest BCUT2D eigenvalue weighted by atomic mass is 35.5. The van der Waals surface area contributed by atoms with E-state index in [1.807, 2.05) is 0 Å². The summed E-state index contributed by atoms with van der Waals surface area (Å²) in [6.45, 7) is 3.16. The number of hydrogen-bond donors (Lipinski definition) is 1. The van der Waals surface area contributed by atoms with Crippen LogP contribution in [0.4, 0.5) is 0 Å². The number of pyridine rings is 1. The maximum Gasteiger partial charge on any atom is 0.335 e. The number of carbonyl (C=O) groups excluding carboxylic acids is 1. The fourth-order valence-electron chi connectivity index (χ4n) is 2.53. The number of aromatic carboxylic acids is 1. The van der Waals surface area contributed by atoms with Gasteiger partial charge in [-0.2, -0.15) is 0 Å². The summed E-state index contributed by atoms with van der Waals surface area (Å²) in [6.07, 6.45) is 1.95. The summed E-state index contributed by atoms with van der Waals surface area (Å²) in [7, 11) is 0. The fourth-order valence-corrected chi connectivity index (χ4v) is 2.73. The average Bonchev–Trinajstić information content (AvgIpc) is 2.61. The van der Waals surface area contributed by atoms with Gasteiger partial charge in [0.25, 0.3) is 5.91 Å². The lowest BCUT2D eigenvalue weighted by Gasteiger charge is -2.30. The lowest BCUT2D eigenvalue weighted by atomic mass is 10.1. The number of amides is 1. The number of hydrogen-bond acceptors (Lipinski definition) is 5. The number of ether oxygens (including phenoxy) is 2. The van der Waals surface area contributed by atoms with E-state index in [0.29, 0.717) is 5.56 Å². The molecular weight excluding hydrogens is 388 g/mol. The third-order valence-corrected chi connectivity index (χ3v) is 4.43. The summed E-state index contributed by atoms with van der Waals surface area (Å²) in [4.78, 5) is 29.4. The number of carbonyl (C=O) groups is 2. The van der Waals surface area contributed by atoms with Gasteiger partial charge in [-0.05, 0) is 31.5 Å². The molecule has 9 heteroatoms. The van der Waals surface area contributed by atoms with E-state index in [1.165, 1.54) is 30.5 Å². The van der Waals surface area contributed by atoms with E-state index in [1.54, 1.807) is 11.8 Å². The van der Waals surface area contributed by atoms with Crippen LogP contribution in [0.2, 0.25) is 5.02 Å². The van der Waals surface area contributed by atoms with Crippen LogP contribution >= 0.6 is 11.6 Å². The van der Waals surface area contributed by atoms with Crippen molar-refractivity contribution < 1.29 is 29.3 Å². The third-order valence-electron chi connectivity index (χ3n) is 4.16. The molecule has 0 radical (unpaired) electrons. The Labute approximate surface area is 166 Å². The van der Waals surface area contributed by atoms with E-state index >= 15 is 0 Å². The average molecular weight is 408 g/mol. The third kappa shape index (κ3) is 4.52. The molecule has 1 amide bonds. The van der Waals surface area contributed by atoms with Gasteiger partial charge in [0.1, 0.15) is 16.5 Å². The zero-order valence-electron chi connectivity index (χ0n) is 15.1. The van der Waals surface area contributed by atoms with Crippen LogP contribution in [0.25, 0.3) is 0 Å². The summed E-state index contributed by atoms with van der Waals surface area (Å²) in [5.74, 6) is -0.814. The van der Waals surface area contributed by atoms with Crippen LogP contribution in [-0.4, -0.2) is 57.8 Å². The van der Waals surface area contributed by atoms with Gasteiger partial charge in [0.2, 0.25) is 5.88 Å². The van der Waals surface area contributed by atoms with Gasteiger partial charge in [0, 0.05) is 25.4 Å². The highest BCUT2D eigenvalue weighted by Gasteiger charge is 2.23. The molecule has 0 spiro atoms. The smallest absolute Gasteiger partial charge is 0.335 e. The van der Waals surface area contributed by atoms with Crippen molar-refractivity contribution in [2.45, 2.75) is 19.4 Å². The highest BCUT2D eigenvalue weighted by molar-refractivity contribution is 6.32. The highest BCUT2D eigenvalue weighted by Crippen LogP contribution is 2.31. The topological polar surface area (TPSA) is 112 Å². The van der Waals surface area contributed by atoms with E-state index in [-0.39, 0.29) is 40.5 Å².